The molecule has 0 unspecified atom stereocenters. The number of allylic oxidation sites excluding steroid dienone is 3. The summed E-state index contributed by atoms with van der Waals surface area (Å²) >= 11 is 0. The summed E-state index contributed by atoms with van der Waals surface area (Å²) in [4.78, 5) is 0. The van der Waals surface area contributed by atoms with Crippen LogP contribution in [0.4, 0.5) is 0 Å². The van der Waals surface area contributed by atoms with Crippen LogP contribution >= 0.6 is 0 Å². The average molecular weight is 220 g/mol. The zero-order valence-electron chi connectivity index (χ0n) is 11.7. The van der Waals surface area contributed by atoms with Crippen LogP contribution in [0.3, 0.4) is 0 Å². The van der Waals surface area contributed by atoms with Crippen LogP contribution in [0.1, 0.15) is 48.0 Å². The summed E-state index contributed by atoms with van der Waals surface area (Å²) in [5.74, 6) is 0. The van der Waals surface area contributed by atoms with Crippen molar-refractivity contribution in [3.8, 4) is 0 Å². The maximum Gasteiger partial charge on any atom is 0.181 e. The highest BCUT2D eigenvalue weighted by atomic mass is 15.1. The molecule has 1 rings (SSSR count). The molecule has 1 aliphatic rings. The van der Waals surface area contributed by atoms with Crippen LogP contribution in [0.15, 0.2) is 24.3 Å². The first-order chi connectivity index (χ1) is 7.23. The summed E-state index contributed by atoms with van der Waals surface area (Å²) in [6, 6.07) is 0. The molecular weight excluding hydrogens is 194 g/mol. The SMILES string of the molecule is CC(C)(C)C1=[N+](C(C)(C)C)CC/C=C\C=C/1. The molecule has 0 spiro atoms. The molecule has 16 heavy (non-hydrogen) atoms. The minimum Gasteiger partial charge on any atom is -0.228 e. The van der Waals surface area contributed by atoms with Gasteiger partial charge in [-0.3, -0.25) is 0 Å². The largest absolute Gasteiger partial charge is 0.228 e. The lowest BCUT2D eigenvalue weighted by Crippen LogP contribution is -2.42. The van der Waals surface area contributed by atoms with Gasteiger partial charge in [0.05, 0.1) is 0 Å². The van der Waals surface area contributed by atoms with Gasteiger partial charge in [-0.2, -0.15) is 0 Å². The lowest BCUT2D eigenvalue weighted by molar-refractivity contribution is -0.598. The maximum atomic E-state index is 2.53. The molecule has 0 atom stereocenters. The highest BCUT2D eigenvalue weighted by Gasteiger charge is 2.33. The molecule has 90 valence electrons. The summed E-state index contributed by atoms with van der Waals surface area (Å²) in [5, 5.41) is 0. The molecular formula is C15H26N+. The van der Waals surface area contributed by atoms with Crippen molar-refractivity contribution < 1.29 is 4.58 Å². The van der Waals surface area contributed by atoms with Crippen LogP contribution in [0.25, 0.3) is 0 Å². The van der Waals surface area contributed by atoms with E-state index in [0.717, 1.165) is 13.0 Å². The van der Waals surface area contributed by atoms with E-state index in [9.17, 15) is 0 Å². The second-order valence-corrected chi connectivity index (χ2v) is 6.53. The Bertz CT molecular complexity index is 329. The van der Waals surface area contributed by atoms with Crippen molar-refractivity contribution in [3.63, 3.8) is 0 Å². The Kier molecular flexibility index (Phi) is 3.77. The van der Waals surface area contributed by atoms with E-state index in [1.54, 1.807) is 0 Å². The quantitative estimate of drug-likeness (QED) is 0.546. The van der Waals surface area contributed by atoms with Crippen LogP contribution in [0.5, 0.6) is 0 Å². The molecule has 0 radical (unpaired) electrons. The predicted octanol–water partition coefficient (Wildman–Crippen LogP) is 3.80. The number of hydrogen-bond acceptors (Lipinski definition) is 0. The van der Waals surface area contributed by atoms with Gasteiger partial charge in [0.25, 0.3) is 0 Å². The molecule has 0 aromatic rings. The van der Waals surface area contributed by atoms with Crippen molar-refractivity contribution in [2.45, 2.75) is 53.5 Å². The van der Waals surface area contributed by atoms with Crippen molar-refractivity contribution in [2.24, 2.45) is 5.41 Å². The molecule has 1 nitrogen and oxygen atoms in total. The van der Waals surface area contributed by atoms with E-state index in [4.69, 9.17) is 0 Å². The van der Waals surface area contributed by atoms with E-state index >= 15 is 0 Å². The minimum absolute atomic E-state index is 0.193. The second-order valence-electron chi connectivity index (χ2n) is 6.53. The van der Waals surface area contributed by atoms with Gasteiger partial charge in [-0.25, -0.2) is 4.58 Å². The molecule has 0 saturated carbocycles. The number of hydrogen-bond donors (Lipinski definition) is 0. The molecule has 0 aromatic carbocycles. The summed E-state index contributed by atoms with van der Waals surface area (Å²) in [6.45, 7) is 14.8. The van der Waals surface area contributed by atoms with Gasteiger partial charge in [0.1, 0.15) is 6.54 Å². The zero-order chi connectivity index (χ0) is 12.4. The van der Waals surface area contributed by atoms with Crippen LogP contribution in [-0.2, 0) is 0 Å². The number of rotatable bonds is 0. The summed E-state index contributed by atoms with van der Waals surface area (Å²) in [5.41, 5.74) is 1.83. The normalized spacial score (nSPS) is 22.6. The Morgan fingerprint density at radius 1 is 1.00 bits per heavy atom. The van der Waals surface area contributed by atoms with Gasteiger partial charge >= 0.3 is 0 Å². The smallest absolute Gasteiger partial charge is 0.181 e. The van der Waals surface area contributed by atoms with Gasteiger partial charge < -0.3 is 0 Å². The van der Waals surface area contributed by atoms with Crippen LogP contribution < -0.4 is 0 Å². The molecule has 0 fully saturated rings. The fourth-order valence-electron chi connectivity index (χ4n) is 2.09. The van der Waals surface area contributed by atoms with Crippen molar-refractivity contribution in [1.82, 2.24) is 0 Å². The van der Waals surface area contributed by atoms with E-state index in [-0.39, 0.29) is 11.0 Å². The standard InChI is InChI=1S/C15H26N/c1-14(2,3)13-11-9-7-8-10-12-16(13)15(4,5)6/h7-9,11H,10,12H2,1-6H3/q+1/b8-7-,11-9-,16-13?. The summed E-state index contributed by atoms with van der Waals surface area (Å²) < 4.78 is 2.53. The molecule has 0 aliphatic carbocycles. The molecule has 0 amide bonds. The topological polar surface area (TPSA) is 3.01 Å². The fourth-order valence-corrected chi connectivity index (χ4v) is 2.09. The Morgan fingerprint density at radius 3 is 2.12 bits per heavy atom. The Hall–Kier alpha value is -0.850. The van der Waals surface area contributed by atoms with Crippen LogP contribution in [-0.4, -0.2) is 22.4 Å². The zero-order valence-corrected chi connectivity index (χ0v) is 11.7. The average Bonchev–Trinajstić information content (AvgIpc) is 1.96. The Balaban J connectivity index is 3.29. The van der Waals surface area contributed by atoms with Crippen LogP contribution in [0.2, 0.25) is 0 Å². The third-order valence-electron chi connectivity index (χ3n) is 2.89. The third-order valence-corrected chi connectivity index (χ3v) is 2.89. The van der Waals surface area contributed by atoms with Crippen molar-refractivity contribution >= 4 is 5.71 Å². The second kappa shape index (κ2) is 4.57. The molecule has 1 heterocycles. The molecule has 0 N–H and O–H groups in total. The Labute approximate surface area is 101 Å². The highest BCUT2D eigenvalue weighted by Crippen LogP contribution is 2.22. The highest BCUT2D eigenvalue weighted by molar-refractivity contribution is 5.95. The van der Waals surface area contributed by atoms with Gasteiger partial charge in [0.15, 0.2) is 11.3 Å². The number of nitrogens with zero attached hydrogens (tertiary/aromatic N) is 1. The van der Waals surface area contributed by atoms with Gasteiger partial charge in [-0.1, -0.05) is 39.0 Å². The first-order valence-electron chi connectivity index (χ1n) is 6.21. The summed E-state index contributed by atoms with van der Waals surface area (Å²) in [7, 11) is 0. The van der Waals surface area contributed by atoms with E-state index in [0.29, 0.717) is 0 Å². The Morgan fingerprint density at radius 2 is 1.62 bits per heavy atom. The molecule has 0 bridgehead atoms. The minimum atomic E-state index is 0.193. The van der Waals surface area contributed by atoms with E-state index in [1.165, 1.54) is 5.71 Å². The van der Waals surface area contributed by atoms with Crippen LogP contribution in [0, 0.1) is 5.41 Å². The van der Waals surface area contributed by atoms with Crippen molar-refractivity contribution in [3.05, 3.63) is 24.3 Å². The first kappa shape index (κ1) is 13.2. The monoisotopic (exact) mass is 220 g/mol. The van der Waals surface area contributed by atoms with Crippen molar-refractivity contribution in [1.29, 1.82) is 0 Å². The van der Waals surface area contributed by atoms with Gasteiger partial charge in [0, 0.05) is 17.9 Å². The van der Waals surface area contributed by atoms with E-state index in [2.05, 4.69) is 70.4 Å². The molecule has 0 saturated heterocycles. The van der Waals surface area contributed by atoms with E-state index in [1.807, 2.05) is 0 Å². The van der Waals surface area contributed by atoms with Gasteiger partial charge in [0.2, 0.25) is 0 Å². The van der Waals surface area contributed by atoms with Gasteiger partial charge in [-0.05, 0) is 20.8 Å². The molecule has 1 aliphatic heterocycles. The molecule has 1 heteroatoms. The van der Waals surface area contributed by atoms with Gasteiger partial charge in [-0.15, -0.1) is 0 Å². The predicted molar refractivity (Wildman–Crippen MR) is 72.2 cm³/mol. The summed E-state index contributed by atoms with van der Waals surface area (Å²) in [6.07, 6.45) is 9.96. The lowest BCUT2D eigenvalue weighted by Gasteiger charge is -2.26. The maximum absolute atomic E-state index is 2.53. The van der Waals surface area contributed by atoms with Crippen molar-refractivity contribution in [2.75, 3.05) is 6.54 Å². The molecule has 0 aromatic heterocycles. The lowest BCUT2D eigenvalue weighted by atomic mass is 9.87. The third kappa shape index (κ3) is 3.33. The van der Waals surface area contributed by atoms with E-state index < -0.39 is 0 Å². The first-order valence-corrected chi connectivity index (χ1v) is 6.21. The fraction of sp³-hybridized carbons (Fsp3) is 0.667.